The summed E-state index contributed by atoms with van der Waals surface area (Å²) in [7, 11) is 0. The Bertz CT molecular complexity index is 769. The number of benzene rings is 1. The number of rotatable bonds is 7. The van der Waals surface area contributed by atoms with Crippen molar-refractivity contribution in [3.8, 4) is 5.75 Å². The Balaban J connectivity index is 1.37. The molecular formula is C19H24Br2N2O7. The number of hydrogen-bond acceptors (Lipinski definition) is 8. The molecule has 0 bridgehead atoms. The molecule has 4 unspecified atom stereocenters. The summed E-state index contributed by atoms with van der Waals surface area (Å²) in [6, 6.07) is 3.23. The lowest BCUT2D eigenvalue weighted by Crippen LogP contribution is -2.36. The highest BCUT2D eigenvalue weighted by Gasteiger charge is 2.32. The summed E-state index contributed by atoms with van der Waals surface area (Å²) >= 11 is 6.48. The van der Waals surface area contributed by atoms with Crippen LogP contribution in [-0.2, 0) is 19.1 Å². The molecule has 2 fully saturated rings. The number of carbonyl (C=O) groups is 1. The lowest BCUT2D eigenvalue weighted by molar-refractivity contribution is -0.169. The maximum absolute atomic E-state index is 12.0. The number of nitrogens with one attached hydrogen (secondary N) is 1. The lowest BCUT2D eigenvalue weighted by Gasteiger charge is -2.31. The molecule has 4 atom stereocenters. The van der Waals surface area contributed by atoms with E-state index in [0.29, 0.717) is 41.2 Å². The van der Waals surface area contributed by atoms with Gasteiger partial charge in [0.2, 0.25) is 0 Å². The maximum atomic E-state index is 12.0. The largest absolute Gasteiger partial charge is 0.505 e. The van der Waals surface area contributed by atoms with Crippen LogP contribution in [0.15, 0.2) is 26.2 Å². The van der Waals surface area contributed by atoms with Crippen LogP contribution in [-0.4, -0.2) is 65.3 Å². The molecule has 1 aromatic carbocycles. The third-order valence-corrected chi connectivity index (χ3v) is 5.86. The third kappa shape index (κ3) is 6.89. The number of phenolic OH excluding ortho intramolecular Hbond substituents is 1. The number of aliphatic hydroxyl groups is 2. The molecule has 3 rings (SSSR count). The predicted octanol–water partition coefficient (Wildman–Crippen LogP) is 2.51. The Kier molecular flexibility index (Phi) is 8.49. The summed E-state index contributed by atoms with van der Waals surface area (Å²) in [5.41, 5.74) is 0.246. The van der Waals surface area contributed by atoms with E-state index in [1.165, 1.54) is 0 Å². The summed E-state index contributed by atoms with van der Waals surface area (Å²) in [6.45, 7) is 0.0902. The Labute approximate surface area is 190 Å². The van der Waals surface area contributed by atoms with Crippen LogP contribution < -0.4 is 5.32 Å². The van der Waals surface area contributed by atoms with Gasteiger partial charge in [0.1, 0.15) is 0 Å². The molecule has 1 aliphatic heterocycles. The van der Waals surface area contributed by atoms with Gasteiger partial charge >= 0.3 is 0 Å². The minimum absolute atomic E-state index is 0.0263. The minimum atomic E-state index is -0.558. The molecule has 0 spiro atoms. The third-order valence-electron chi connectivity index (χ3n) is 4.79. The Morgan fingerprint density at radius 2 is 1.97 bits per heavy atom. The van der Waals surface area contributed by atoms with Gasteiger partial charge in [0.25, 0.3) is 5.91 Å². The number of aliphatic hydroxyl groups excluding tert-OH is 2. The molecule has 1 aromatic rings. The summed E-state index contributed by atoms with van der Waals surface area (Å²) in [5.74, 6) is -0.575. The highest BCUT2D eigenvalue weighted by Crippen LogP contribution is 2.35. The van der Waals surface area contributed by atoms with Crippen molar-refractivity contribution in [2.75, 3.05) is 18.5 Å². The van der Waals surface area contributed by atoms with Gasteiger partial charge in [-0.25, -0.2) is 0 Å². The number of phenols is 1. The number of amides is 1. The van der Waals surface area contributed by atoms with Gasteiger partial charge in [-0.1, -0.05) is 21.1 Å². The van der Waals surface area contributed by atoms with Crippen LogP contribution in [0.5, 0.6) is 5.75 Å². The van der Waals surface area contributed by atoms with Crippen LogP contribution in [0.2, 0.25) is 0 Å². The van der Waals surface area contributed by atoms with Gasteiger partial charge in [-0.15, -0.1) is 0 Å². The molecule has 9 nitrogen and oxygen atoms in total. The summed E-state index contributed by atoms with van der Waals surface area (Å²) in [6.07, 6.45) is 1.70. The molecule has 11 heteroatoms. The fourth-order valence-electron chi connectivity index (χ4n) is 3.42. The second-order valence-electron chi connectivity index (χ2n) is 7.39. The average Bonchev–Trinajstić information content (AvgIpc) is 3.09. The average molecular weight is 552 g/mol. The van der Waals surface area contributed by atoms with E-state index in [0.717, 1.165) is 0 Å². The lowest BCUT2D eigenvalue weighted by atomic mass is 9.92. The van der Waals surface area contributed by atoms with Crippen LogP contribution in [0.3, 0.4) is 0 Å². The molecule has 4 N–H and O–H groups in total. The van der Waals surface area contributed by atoms with E-state index in [-0.39, 0.29) is 30.1 Å². The first-order chi connectivity index (χ1) is 14.3. The van der Waals surface area contributed by atoms with Crippen molar-refractivity contribution in [1.29, 1.82) is 0 Å². The van der Waals surface area contributed by atoms with Gasteiger partial charge < -0.3 is 34.9 Å². The first-order valence-electron chi connectivity index (χ1n) is 9.56. The molecule has 1 aliphatic carbocycles. The fourth-order valence-corrected chi connectivity index (χ4v) is 4.65. The Morgan fingerprint density at radius 1 is 1.23 bits per heavy atom. The SMILES string of the molecule is O=C(CO/N=C/C1COC(OC2CC(O)CC(O)C2)C1)Nc1cc(Br)cc(Br)c1O. The fraction of sp³-hybridized carbons (Fsp3) is 0.579. The molecule has 1 heterocycles. The molecule has 166 valence electrons. The van der Waals surface area contributed by atoms with Crippen LogP contribution in [0.4, 0.5) is 5.69 Å². The van der Waals surface area contributed by atoms with Crippen molar-refractivity contribution in [1.82, 2.24) is 0 Å². The monoisotopic (exact) mass is 550 g/mol. The van der Waals surface area contributed by atoms with Crippen LogP contribution in [0.25, 0.3) is 0 Å². The van der Waals surface area contributed by atoms with Crippen molar-refractivity contribution in [3.05, 3.63) is 21.1 Å². The van der Waals surface area contributed by atoms with E-state index in [9.17, 15) is 20.1 Å². The molecule has 2 aliphatic rings. The van der Waals surface area contributed by atoms with Crippen molar-refractivity contribution < 1.29 is 34.4 Å². The zero-order valence-electron chi connectivity index (χ0n) is 16.0. The topological polar surface area (TPSA) is 130 Å². The van der Waals surface area contributed by atoms with Gasteiger partial charge in [-0.2, -0.15) is 0 Å². The Morgan fingerprint density at radius 3 is 2.70 bits per heavy atom. The van der Waals surface area contributed by atoms with Gasteiger partial charge in [0.05, 0.1) is 35.1 Å². The van der Waals surface area contributed by atoms with Crippen molar-refractivity contribution in [2.45, 2.75) is 50.3 Å². The summed E-state index contributed by atoms with van der Waals surface area (Å²) in [5, 5.41) is 35.8. The first-order valence-corrected chi connectivity index (χ1v) is 11.1. The molecule has 1 saturated carbocycles. The predicted molar refractivity (Wildman–Crippen MR) is 115 cm³/mol. The zero-order valence-corrected chi connectivity index (χ0v) is 19.2. The summed E-state index contributed by atoms with van der Waals surface area (Å²) in [4.78, 5) is 17.0. The summed E-state index contributed by atoms with van der Waals surface area (Å²) < 4.78 is 12.5. The number of anilines is 1. The number of carbonyl (C=O) groups excluding carboxylic acids is 1. The second kappa shape index (κ2) is 10.9. The standard InChI is InChI=1S/C19H24Br2N2O7/c20-11-2-15(21)19(27)16(3-11)23-17(26)9-29-22-7-10-1-18(28-8-10)30-14-5-12(24)4-13(25)6-14/h2-3,7,10,12-14,18,24-25,27H,1,4-6,8-9H2,(H,23,26)/b22-7+. The van der Waals surface area contributed by atoms with E-state index < -0.39 is 24.4 Å². The number of oxime groups is 1. The molecule has 30 heavy (non-hydrogen) atoms. The van der Waals surface area contributed by atoms with Gasteiger partial charge in [0.15, 0.2) is 18.6 Å². The quantitative estimate of drug-likeness (QED) is 0.233. The van der Waals surface area contributed by atoms with Crippen LogP contribution in [0, 0.1) is 5.92 Å². The van der Waals surface area contributed by atoms with E-state index in [1.54, 1.807) is 18.3 Å². The van der Waals surface area contributed by atoms with Gasteiger partial charge in [-0.05, 0) is 47.3 Å². The minimum Gasteiger partial charge on any atom is -0.505 e. The Hall–Kier alpha value is -1.24. The molecule has 1 saturated heterocycles. The smallest absolute Gasteiger partial charge is 0.265 e. The normalized spacial score (nSPS) is 29.3. The maximum Gasteiger partial charge on any atom is 0.265 e. The van der Waals surface area contributed by atoms with Gasteiger partial charge in [-0.3, -0.25) is 4.79 Å². The zero-order chi connectivity index (χ0) is 21.7. The van der Waals surface area contributed by atoms with Crippen molar-refractivity contribution in [2.24, 2.45) is 11.1 Å². The van der Waals surface area contributed by atoms with Crippen molar-refractivity contribution in [3.63, 3.8) is 0 Å². The van der Waals surface area contributed by atoms with E-state index in [4.69, 9.17) is 14.3 Å². The number of nitrogens with zero attached hydrogens (tertiary/aromatic N) is 1. The molecule has 1 amide bonds. The van der Waals surface area contributed by atoms with Crippen molar-refractivity contribution >= 4 is 49.7 Å². The highest BCUT2D eigenvalue weighted by molar-refractivity contribution is 9.11. The first kappa shape index (κ1) is 23.4. The molecular weight excluding hydrogens is 528 g/mol. The van der Waals surface area contributed by atoms with Crippen LogP contribution >= 0.6 is 31.9 Å². The van der Waals surface area contributed by atoms with Gasteiger partial charge in [0, 0.05) is 23.0 Å². The number of hydrogen-bond donors (Lipinski definition) is 4. The van der Waals surface area contributed by atoms with E-state index >= 15 is 0 Å². The highest BCUT2D eigenvalue weighted by atomic mass is 79.9. The number of halogens is 2. The molecule has 0 radical (unpaired) electrons. The number of ether oxygens (including phenoxy) is 2. The number of aromatic hydroxyl groups is 1. The van der Waals surface area contributed by atoms with E-state index in [2.05, 4.69) is 42.3 Å². The van der Waals surface area contributed by atoms with Crippen LogP contribution in [0.1, 0.15) is 25.7 Å². The molecule has 0 aromatic heterocycles. The van der Waals surface area contributed by atoms with E-state index in [1.807, 2.05) is 0 Å². The second-order valence-corrected chi connectivity index (χ2v) is 9.16.